The van der Waals surface area contributed by atoms with E-state index in [9.17, 15) is 4.79 Å². The highest BCUT2D eigenvalue weighted by atomic mass is 16.3. The molecule has 0 aliphatic carbocycles. The van der Waals surface area contributed by atoms with Crippen molar-refractivity contribution >= 4 is 28.6 Å². The van der Waals surface area contributed by atoms with Gasteiger partial charge >= 0.3 is 0 Å². The predicted octanol–water partition coefficient (Wildman–Crippen LogP) is 4.43. The van der Waals surface area contributed by atoms with Gasteiger partial charge in [-0.3, -0.25) is 9.69 Å². The van der Waals surface area contributed by atoms with Crippen molar-refractivity contribution in [2.24, 2.45) is 0 Å². The molecule has 6 heteroatoms. The minimum absolute atomic E-state index is 0.0553. The maximum absolute atomic E-state index is 13.1. The van der Waals surface area contributed by atoms with Crippen molar-refractivity contribution < 1.29 is 9.90 Å². The summed E-state index contributed by atoms with van der Waals surface area (Å²) in [4.78, 5) is 25.5. The lowest BCUT2D eigenvalue weighted by Gasteiger charge is -2.34. The first-order valence-corrected chi connectivity index (χ1v) is 12.1. The molecule has 1 amide bonds. The van der Waals surface area contributed by atoms with Crippen LogP contribution >= 0.6 is 0 Å². The molecule has 0 saturated carbocycles. The third-order valence-corrected chi connectivity index (χ3v) is 6.30. The number of aliphatic hydroxyl groups is 1. The first kappa shape index (κ1) is 23.2. The van der Waals surface area contributed by atoms with Gasteiger partial charge in [0, 0.05) is 38.3 Å². The Morgan fingerprint density at radius 2 is 1.88 bits per heavy atom. The molecular weight excluding hydrogens is 412 g/mol. The number of aliphatic hydroxyl groups excluding tert-OH is 1. The van der Waals surface area contributed by atoms with Gasteiger partial charge in [-0.15, -0.1) is 0 Å². The Kier molecular flexibility index (Phi) is 7.92. The molecule has 2 N–H and O–H groups in total. The summed E-state index contributed by atoms with van der Waals surface area (Å²) in [7, 11) is 0. The third kappa shape index (κ3) is 5.89. The molecule has 2 aromatic carbocycles. The quantitative estimate of drug-likeness (QED) is 0.477. The first-order chi connectivity index (χ1) is 16.2. The Hall–Kier alpha value is -2.96. The number of nitrogens with zero attached hydrogens (tertiary/aromatic N) is 3. The number of allylic oxidation sites excluding steroid dienone is 1. The highest BCUT2D eigenvalue weighted by Crippen LogP contribution is 2.25. The number of H-pyrrole nitrogens is 1. The van der Waals surface area contributed by atoms with Crippen molar-refractivity contribution in [1.82, 2.24) is 19.8 Å². The summed E-state index contributed by atoms with van der Waals surface area (Å²) in [5, 5.41) is 9.12. The fraction of sp³-hybridized carbons (Fsp3) is 0.407. The second-order valence-corrected chi connectivity index (χ2v) is 8.71. The molecular formula is C27H34N4O2. The highest BCUT2D eigenvalue weighted by molar-refractivity contribution is 5.98. The molecule has 1 fully saturated rings. The van der Waals surface area contributed by atoms with E-state index in [4.69, 9.17) is 10.1 Å². The number of rotatable bonds is 9. The number of amides is 1. The summed E-state index contributed by atoms with van der Waals surface area (Å²) < 4.78 is 0. The van der Waals surface area contributed by atoms with Crippen LogP contribution < -0.4 is 0 Å². The van der Waals surface area contributed by atoms with Gasteiger partial charge in [-0.25, -0.2) is 4.98 Å². The van der Waals surface area contributed by atoms with Crippen LogP contribution in [0.25, 0.3) is 22.7 Å². The fourth-order valence-corrected chi connectivity index (χ4v) is 4.37. The molecule has 1 aliphatic rings. The molecule has 0 radical (unpaired) electrons. The molecule has 2 heterocycles. The predicted molar refractivity (Wildman–Crippen MR) is 134 cm³/mol. The molecule has 0 spiro atoms. The van der Waals surface area contributed by atoms with Gasteiger partial charge in [0.05, 0.1) is 17.6 Å². The number of hydrogen-bond acceptors (Lipinski definition) is 4. The van der Waals surface area contributed by atoms with Crippen molar-refractivity contribution in [3.05, 3.63) is 65.5 Å². The number of aromatic amines is 1. The van der Waals surface area contributed by atoms with Crippen LogP contribution in [-0.2, 0) is 0 Å². The van der Waals surface area contributed by atoms with Crippen molar-refractivity contribution in [2.75, 3.05) is 39.3 Å². The Morgan fingerprint density at radius 1 is 1.09 bits per heavy atom. The number of carbonyl (C=O) groups is 1. The van der Waals surface area contributed by atoms with E-state index in [1.807, 2.05) is 29.2 Å². The minimum Gasteiger partial charge on any atom is -0.395 e. The number of hydrogen-bond donors (Lipinski definition) is 2. The average Bonchev–Trinajstić information content (AvgIpc) is 3.28. The Balaban J connectivity index is 1.54. The van der Waals surface area contributed by atoms with Crippen molar-refractivity contribution in [3.8, 4) is 0 Å². The number of β-amino-alcohol motifs (C(OH)–C–C–N with tert-alkyl or cyclic N) is 1. The molecule has 0 bridgehead atoms. The summed E-state index contributed by atoms with van der Waals surface area (Å²) in [6.07, 6.45) is 6.67. The average molecular weight is 447 g/mol. The van der Waals surface area contributed by atoms with Gasteiger partial charge in [-0.05, 0) is 48.3 Å². The number of piperazine rings is 1. The molecule has 6 nitrogen and oxygen atoms in total. The van der Waals surface area contributed by atoms with Gasteiger partial charge in [-0.1, -0.05) is 50.1 Å². The molecule has 33 heavy (non-hydrogen) atoms. The van der Waals surface area contributed by atoms with Crippen LogP contribution in [-0.4, -0.2) is 70.1 Å². The molecule has 1 aliphatic heterocycles. The number of aromatic nitrogens is 2. The molecule has 0 unspecified atom stereocenters. The Labute approximate surface area is 195 Å². The maximum Gasteiger partial charge on any atom is 0.254 e. The third-order valence-electron chi connectivity index (χ3n) is 6.30. The van der Waals surface area contributed by atoms with E-state index in [0.29, 0.717) is 25.2 Å². The van der Waals surface area contributed by atoms with E-state index in [1.165, 1.54) is 24.0 Å². The second kappa shape index (κ2) is 11.3. The zero-order valence-electron chi connectivity index (χ0n) is 19.5. The summed E-state index contributed by atoms with van der Waals surface area (Å²) in [6, 6.07) is 16.1. The number of unbranched alkanes of at least 4 members (excludes halogenated alkanes) is 2. The van der Waals surface area contributed by atoms with E-state index < -0.39 is 0 Å². The van der Waals surface area contributed by atoms with Crippen LogP contribution in [0.3, 0.4) is 0 Å². The standard InChI is InChI=1S/C27H34N4O2/c1-2-3-5-10-22(19-21-8-6-4-7-9-21)26-28-24-12-11-23(20-25(24)29-26)27(33)31-15-13-30(14-16-31)17-18-32/h4,6-9,11-12,19-20,32H,2-3,5,10,13-18H2,1H3,(H,28,29). The van der Waals surface area contributed by atoms with Crippen molar-refractivity contribution in [2.45, 2.75) is 32.6 Å². The monoisotopic (exact) mass is 446 g/mol. The van der Waals surface area contributed by atoms with Crippen LogP contribution in [0.4, 0.5) is 0 Å². The number of nitrogens with one attached hydrogen (secondary N) is 1. The first-order valence-electron chi connectivity index (χ1n) is 12.1. The summed E-state index contributed by atoms with van der Waals surface area (Å²) >= 11 is 0. The molecule has 4 rings (SSSR count). The van der Waals surface area contributed by atoms with Crippen LogP contribution in [0.15, 0.2) is 48.5 Å². The van der Waals surface area contributed by atoms with Crippen molar-refractivity contribution in [3.63, 3.8) is 0 Å². The summed E-state index contributed by atoms with van der Waals surface area (Å²) in [5.41, 5.74) is 4.82. The molecule has 0 atom stereocenters. The Morgan fingerprint density at radius 3 is 2.61 bits per heavy atom. The summed E-state index contributed by atoms with van der Waals surface area (Å²) in [6.45, 7) is 6.02. The largest absolute Gasteiger partial charge is 0.395 e. The van der Waals surface area contributed by atoms with Crippen LogP contribution in [0.1, 0.15) is 54.4 Å². The Bertz CT molecular complexity index is 1080. The fourth-order valence-electron chi connectivity index (χ4n) is 4.37. The topological polar surface area (TPSA) is 72.5 Å². The number of imidazole rings is 1. The second-order valence-electron chi connectivity index (χ2n) is 8.71. The van der Waals surface area contributed by atoms with Gasteiger partial charge in [0.1, 0.15) is 5.82 Å². The van der Waals surface area contributed by atoms with Crippen LogP contribution in [0.2, 0.25) is 0 Å². The number of benzene rings is 2. The normalized spacial score (nSPS) is 15.3. The van der Waals surface area contributed by atoms with E-state index >= 15 is 0 Å². The number of fused-ring (bicyclic) bond motifs is 1. The van der Waals surface area contributed by atoms with Gasteiger partial charge < -0.3 is 15.0 Å². The smallest absolute Gasteiger partial charge is 0.254 e. The van der Waals surface area contributed by atoms with E-state index in [0.717, 1.165) is 42.8 Å². The van der Waals surface area contributed by atoms with Gasteiger partial charge in [0.15, 0.2) is 0 Å². The molecule has 3 aromatic rings. The lowest BCUT2D eigenvalue weighted by Crippen LogP contribution is -2.49. The maximum atomic E-state index is 13.1. The van der Waals surface area contributed by atoms with Crippen LogP contribution in [0.5, 0.6) is 0 Å². The highest BCUT2D eigenvalue weighted by Gasteiger charge is 2.22. The lowest BCUT2D eigenvalue weighted by atomic mass is 10.0. The molecule has 174 valence electrons. The number of carbonyl (C=O) groups excluding carboxylic acids is 1. The van der Waals surface area contributed by atoms with Crippen LogP contribution in [0, 0.1) is 0 Å². The molecule has 1 saturated heterocycles. The van der Waals surface area contributed by atoms with Gasteiger partial charge in [-0.2, -0.15) is 0 Å². The van der Waals surface area contributed by atoms with Crippen molar-refractivity contribution in [1.29, 1.82) is 0 Å². The van der Waals surface area contributed by atoms with Gasteiger partial charge in [0.2, 0.25) is 0 Å². The molecule has 1 aromatic heterocycles. The van der Waals surface area contributed by atoms with E-state index in [-0.39, 0.29) is 12.5 Å². The minimum atomic E-state index is 0.0553. The summed E-state index contributed by atoms with van der Waals surface area (Å²) in [5.74, 6) is 0.937. The zero-order valence-corrected chi connectivity index (χ0v) is 19.5. The van der Waals surface area contributed by atoms with Gasteiger partial charge in [0.25, 0.3) is 5.91 Å². The van der Waals surface area contributed by atoms with E-state index in [1.54, 1.807) is 0 Å². The zero-order chi connectivity index (χ0) is 23.0. The lowest BCUT2D eigenvalue weighted by molar-refractivity contribution is 0.0615. The SMILES string of the molecule is CCCCCC(=Cc1ccccc1)c1nc2ccc(C(=O)N3CCN(CCO)CC3)cc2[nH]1. The van der Waals surface area contributed by atoms with E-state index in [2.05, 4.69) is 47.1 Å².